The van der Waals surface area contributed by atoms with Gasteiger partial charge in [0, 0.05) is 0 Å². The maximum absolute atomic E-state index is 4.21. The summed E-state index contributed by atoms with van der Waals surface area (Å²) in [5, 5.41) is 0. The molecule has 0 aromatic heterocycles. The van der Waals surface area contributed by atoms with Crippen LogP contribution in [-0.2, 0) is 0 Å². The second-order valence-corrected chi connectivity index (χ2v) is 4.86. The molecule has 1 aliphatic rings. The molecule has 0 radical (unpaired) electrons. The molecule has 1 unspecified atom stereocenters. The lowest BCUT2D eigenvalue weighted by molar-refractivity contribution is 0.191. The highest BCUT2D eigenvalue weighted by atomic mass is 14.4. The van der Waals surface area contributed by atoms with Gasteiger partial charge >= 0.3 is 0 Å². The van der Waals surface area contributed by atoms with Crippen molar-refractivity contribution >= 4 is 0 Å². The summed E-state index contributed by atoms with van der Waals surface area (Å²) < 4.78 is 0. The highest BCUT2D eigenvalue weighted by molar-refractivity contribution is 5.11. The van der Waals surface area contributed by atoms with Crippen LogP contribution in [-0.4, -0.2) is 0 Å². The second-order valence-electron chi connectivity index (χ2n) is 4.86. The van der Waals surface area contributed by atoms with Gasteiger partial charge in [-0.3, -0.25) is 0 Å². The van der Waals surface area contributed by atoms with E-state index in [1.165, 1.54) is 31.3 Å². The Morgan fingerprint density at radius 3 is 2.77 bits per heavy atom. The first-order valence-electron chi connectivity index (χ1n) is 5.37. The zero-order valence-corrected chi connectivity index (χ0v) is 9.27. The Balaban J connectivity index is 2.68. The lowest BCUT2D eigenvalue weighted by Gasteiger charge is -2.39. The Morgan fingerprint density at radius 2 is 2.23 bits per heavy atom. The maximum Gasteiger partial charge on any atom is -0.0120 e. The molecule has 0 heterocycles. The smallest absolute Gasteiger partial charge is 0.0120 e. The van der Waals surface area contributed by atoms with E-state index in [-0.39, 0.29) is 0 Å². The van der Waals surface area contributed by atoms with Gasteiger partial charge in [0.05, 0.1) is 0 Å². The first-order chi connectivity index (χ1) is 6.08. The topological polar surface area (TPSA) is 0 Å². The van der Waals surface area contributed by atoms with Crippen LogP contribution in [0.1, 0.15) is 46.5 Å². The fraction of sp³-hybridized carbons (Fsp3) is 0.692. The van der Waals surface area contributed by atoms with Crippen molar-refractivity contribution < 1.29 is 0 Å². The van der Waals surface area contributed by atoms with Gasteiger partial charge < -0.3 is 0 Å². The highest BCUT2D eigenvalue weighted by Gasteiger charge is 2.33. The van der Waals surface area contributed by atoms with Crippen LogP contribution in [0.25, 0.3) is 0 Å². The molecule has 0 bridgehead atoms. The molecule has 0 nitrogen and oxygen atoms in total. The summed E-state index contributed by atoms with van der Waals surface area (Å²) in [6, 6.07) is 0. The van der Waals surface area contributed by atoms with Gasteiger partial charge in [-0.2, -0.15) is 0 Å². The van der Waals surface area contributed by atoms with Crippen LogP contribution in [0.3, 0.4) is 0 Å². The van der Waals surface area contributed by atoms with Crippen LogP contribution in [0.2, 0.25) is 0 Å². The van der Waals surface area contributed by atoms with E-state index < -0.39 is 0 Å². The Morgan fingerprint density at radius 1 is 1.54 bits per heavy atom. The van der Waals surface area contributed by atoms with Crippen LogP contribution in [0, 0.1) is 11.3 Å². The first kappa shape index (κ1) is 10.6. The molecule has 74 valence electrons. The van der Waals surface area contributed by atoms with Crippen LogP contribution in [0.5, 0.6) is 0 Å². The van der Waals surface area contributed by atoms with Gasteiger partial charge in [-0.15, -0.1) is 0 Å². The molecular formula is C13H22. The minimum absolute atomic E-state index is 0.467. The molecule has 1 fully saturated rings. The quantitative estimate of drug-likeness (QED) is 0.552. The van der Waals surface area contributed by atoms with Crippen molar-refractivity contribution in [1.29, 1.82) is 0 Å². The fourth-order valence-electron chi connectivity index (χ4n) is 2.43. The maximum atomic E-state index is 4.21. The van der Waals surface area contributed by atoms with E-state index in [0.717, 1.165) is 0 Å². The van der Waals surface area contributed by atoms with Crippen LogP contribution in [0.15, 0.2) is 24.3 Å². The minimum atomic E-state index is 0.467. The number of allylic oxidation sites excluding steroid dienone is 3. The summed E-state index contributed by atoms with van der Waals surface area (Å²) in [6.07, 6.45) is 9.54. The summed E-state index contributed by atoms with van der Waals surface area (Å²) in [7, 11) is 0. The van der Waals surface area contributed by atoms with Crippen molar-refractivity contribution in [3.8, 4) is 0 Å². The third-order valence-electron chi connectivity index (χ3n) is 3.36. The molecule has 13 heavy (non-hydrogen) atoms. The summed E-state index contributed by atoms with van der Waals surface area (Å²) in [5.41, 5.74) is 1.93. The SMILES string of the molecule is C=C1CCCC(C)(C)C1C/C=C\C. The van der Waals surface area contributed by atoms with Gasteiger partial charge in [-0.1, -0.05) is 38.2 Å². The van der Waals surface area contributed by atoms with Crippen molar-refractivity contribution in [3.63, 3.8) is 0 Å². The largest absolute Gasteiger partial charge is 0.0995 e. The number of hydrogen-bond acceptors (Lipinski definition) is 0. The van der Waals surface area contributed by atoms with Crippen LogP contribution < -0.4 is 0 Å². The lowest BCUT2D eigenvalue weighted by atomic mass is 9.65. The second kappa shape index (κ2) is 4.13. The summed E-state index contributed by atoms with van der Waals surface area (Å²) >= 11 is 0. The fourth-order valence-corrected chi connectivity index (χ4v) is 2.43. The summed E-state index contributed by atoms with van der Waals surface area (Å²) in [4.78, 5) is 0. The van der Waals surface area contributed by atoms with Crippen LogP contribution in [0.4, 0.5) is 0 Å². The molecule has 1 rings (SSSR count). The summed E-state index contributed by atoms with van der Waals surface area (Å²) in [5.74, 6) is 0.706. The van der Waals surface area contributed by atoms with Crippen molar-refractivity contribution in [2.75, 3.05) is 0 Å². The van der Waals surface area contributed by atoms with Crippen molar-refractivity contribution in [2.45, 2.75) is 46.5 Å². The zero-order valence-electron chi connectivity index (χ0n) is 9.27. The molecule has 0 aromatic carbocycles. The normalized spacial score (nSPS) is 28.2. The van der Waals surface area contributed by atoms with Gasteiger partial charge in [0.2, 0.25) is 0 Å². The molecule has 0 heteroatoms. The van der Waals surface area contributed by atoms with E-state index in [2.05, 4.69) is 39.5 Å². The van der Waals surface area contributed by atoms with E-state index in [9.17, 15) is 0 Å². The van der Waals surface area contributed by atoms with Gasteiger partial charge in [0.1, 0.15) is 0 Å². The Hall–Kier alpha value is -0.520. The van der Waals surface area contributed by atoms with Crippen molar-refractivity contribution in [1.82, 2.24) is 0 Å². The molecule has 0 saturated heterocycles. The molecule has 0 aliphatic heterocycles. The van der Waals surface area contributed by atoms with Gasteiger partial charge in [-0.25, -0.2) is 0 Å². The van der Waals surface area contributed by atoms with E-state index in [1.54, 1.807) is 0 Å². The van der Waals surface area contributed by atoms with Crippen LogP contribution >= 0.6 is 0 Å². The average molecular weight is 178 g/mol. The molecular weight excluding hydrogens is 156 g/mol. The van der Waals surface area contributed by atoms with E-state index >= 15 is 0 Å². The minimum Gasteiger partial charge on any atom is -0.0995 e. The zero-order chi connectivity index (χ0) is 9.90. The van der Waals surface area contributed by atoms with E-state index in [1.807, 2.05) is 0 Å². The molecule has 0 aromatic rings. The van der Waals surface area contributed by atoms with Crippen molar-refractivity contribution in [3.05, 3.63) is 24.3 Å². The van der Waals surface area contributed by atoms with Gasteiger partial charge in [0.25, 0.3) is 0 Å². The lowest BCUT2D eigenvalue weighted by Crippen LogP contribution is -2.28. The monoisotopic (exact) mass is 178 g/mol. The first-order valence-corrected chi connectivity index (χ1v) is 5.37. The third-order valence-corrected chi connectivity index (χ3v) is 3.36. The van der Waals surface area contributed by atoms with Gasteiger partial charge in [0.15, 0.2) is 0 Å². The van der Waals surface area contributed by atoms with Crippen molar-refractivity contribution in [2.24, 2.45) is 11.3 Å². The Bertz CT molecular complexity index is 208. The Labute approximate surface area is 82.7 Å². The molecule has 0 amide bonds. The van der Waals surface area contributed by atoms with E-state index in [0.29, 0.717) is 11.3 Å². The van der Waals surface area contributed by atoms with Gasteiger partial charge in [-0.05, 0) is 43.9 Å². The molecule has 1 aliphatic carbocycles. The third kappa shape index (κ3) is 2.46. The number of rotatable bonds is 2. The molecule has 1 atom stereocenters. The molecule has 0 spiro atoms. The average Bonchev–Trinajstić information content (AvgIpc) is 2.02. The standard InChI is InChI=1S/C13H22/c1-5-6-9-12-11(2)8-7-10-13(12,3)4/h5-6,12H,2,7-10H2,1,3-4H3/b6-5-. The van der Waals surface area contributed by atoms with E-state index in [4.69, 9.17) is 0 Å². The number of hydrogen-bond donors (Lipinski definition) is 0. The highest BCUT2D eigenvalue weighted by Crippen LogP contribution is 2.44. The molecule has 0 N–H and O–H groups in total. The predicted molar refractivity (Wildman–Crippen MR) is 59.7 cm³/mol. The molecule has 1 saturated carbocycles. The Kier molecular flexibility index (Phi) is 3.35. The summed E-state index contributed by atoms with van der Waals surface area (Å²) in [6.45, 7) is 11.1. The predicted octanol–water partition coefficient (Wildman–Crippen LogP) is 4.34.